The van der Waals surface area contributed by atoms with Crippen LogP contribution < -0.4 is 22.0 Å². The van der Waals surface area contributed by atoms with E-state index in [0.29, 0.717) is 5.56 Å². The molecule has 142 valence electrons. The lowest BCUT2D eigenvalue weighted by Crippen LogP contribution is -2.41. The molecule has 0 fully saturated rings. The second-order valence-corrected chi connectivity index (χ2v) is 5.55. The molecule has 27 heavy (non-hydrogen) atoms. The van der Waals surface area contributed by atoms with Gasteiger partial charge in [0.15, 0.2) is 0 Å². The summed E-state index contributed by atoms with van der Waals surface area (Å²) >= 11 is 0. The number of hydrogen-bond donors (Lipinski definition) is 3. The summed E-state index contributed by atoms with van der Waals surface area (Å²) in [6.45, 7) is 3.42. The van der Waals surface area contributed by atoms with Crippen molar-refractivity contribution in [3.05, 3.63) is 62.6 Å². The fourth-order valence-corrected chi connectivity index (χ4v) is 2.33. The van der Waals surface area contributed by atoms with Gasteiger partial charge in [-0.1, -0.05) is 12.5 Å². The normalized spacial score (nSPS) is 10.3. The number of nitrogens with one attached hydrogen (secondary N) is 2. The van der Waals surface area contributed by atoms with Crippen LogP contribution in [0.25, 0.3) is 5.70 Å². The standard InChI is InChI=1S/C18H19FN4O4/c1-5-12-6-7-14(13(19)10-12)20-16-15(11(2)21-27-9-8-24)17(25)23(4)18(26)22(16)3/h1,6-7,10,20-21,24H,2,8-9H2,3-4H3. The number of aliphatic hydroxyl groups is 1. The predicted octanol–water partition coefficient (Wildman–Crippen LogP) is 0.432. The molecule has 0 atom stereocenters. The summed E-state index contributed by atoms with van der Waals surface area (Å²) in [7, 11) is 2.73. The van der Waals surface area contributed by atoms with E-state index >= 15 is 0 Å². The van der Waals surface area contributed by atoms with Gasteiger partial charge >= 0.3 is 5.69 Å². The SMILES string of the molecule is C#Cc1ccc(Nc2c(C(=C)NOCCO)c(=O)n(C)c(=O)n2C)c(F)c1. The minimum absolute atomic E-state index is 0.0144. The molecule has 0 bridgehead atoms. The number of aliphatic hydroxyl groups excluding tert-OH is 1. The molecule has 0 radical (unpaired) electrons. The smallest absolute Gasteiger partial charge is 0.332 e. The Morgan fingerprint density at radius 3 is 2.67 bits per heavy atom. The molecule has 2 aromatic rings. The third kappa shape index (κ3) is 4.08. The first kappa shape index (κ1) is 20.0. The van der Waals surface area contributed by atoms with Gasteiger partial charge in [-0.3, -0.25) is 24.2 Å². The fourth-order valence-electron chi connectivity index (χ4n) is 2.33. The summed E-state index contributed by atoms with van der Waals surface area (Å²) in [4.78, 5) is 29.8. The highest BCUT2D eigenvalue weighted by molar-refractivity contribution is 5.74. The molecular weight excluding hydrogens is 355 g/mol. The Morgan fingerprint density at radius 1 is 1.37 bits per heavy atom. The van der Waals surface area contributed by atoms with E-state index in [2.05, 4.69) is 23.3 Å². The number of aromatic nitrogens is 2. The van der Waals surface area contributed by atoms with Gasteiger partial charge in [0.25, 0.3) is 5.56 Å². The molecular formula is C18H19FN4O4. The zero-order valence-electron chi connectivity index (χ0n) is 14.9. The van der Waals surface area contributed by atoms with Crippen LogP contribution >= 0.6 is 0 Å². The Morgan fingerprint density at radius 2 is 2.07 bits per heavy atom. The van der Waals surface area contributed by atoms with Crippen molar-refractivity contribution in [1.82, 2.24) is 14.6 Å². The molecule has 0 spiro atoms. The van der Waals surface area contributed by atoms with Crippen LogP contribution in [0, 0.1) is 18.2 Å². The fraction of sp³-hybridized carbons (Fsp3) is 0.222. The number of hydrogen-bond acceptors (Lipinski definition) is 6. The number of rotatable bonds is 7. The van der Waals surface area contributed by atoms with Gasteiger partial charge in [-0.15, -0.1) is 6.42 Å². The maximum absolute atomic E-state index is 14.3. The number of hydroxylamine groups is 1. The molecule has 0 aliphatic rings. The zero-order valence-corrected chi connectivity index (χ0v) is 14.9. The van der Waals surface area contributed by atoms with Crippen molar-refractivity contribution >= 4 is 17.2 Å². The summed E-state index contributed by atoms with van der Waals surface area (Å²) in [6, 6.07) is 4.06. The van der Waals surface area contributed by atoms with Crippen molar-refractivity contribution in [3.8, 4) is 12.3 Å². The van der Waals surface area contributed by atoms with E-state index < -0.39 is 17.1 Å². The molecule has 1 aromatic heterocycles. The van der Waals surface area contributed by atoms with Crippen molar-refractivity contribution in [2.75, 3.05) is 18.5 Å². The Labute approximate surface area is 154 Å². The van der Waals surface area contributed by atoms with E-state index in [1.165, 1.54) is 26.2 Å². The number of halogens is 1. The van der Waals surface area contributed by atoms with Gasteiger partial charge < -0.3 is 10.4 Å². The molecule has 0 unspecified atom stereocenters. The third-order valence-corrected chi connectivity index (χ3v) is 3.74. The lowest BCUT2D eigenvalue weighted by Gasteiger charge is -2.19. The molecule has 0 saturated heterocycles. The van der Waals surface area contributed by atoms with Crippen LogP contribution in [0.15, 0.2) is 34.4 Å². The third-order valence-electron chi connectivity index (χ3n) is 3.74. The lowest BCUT2D eigenvalue weighted by atomic mass is 10.2. The summed E-state index contributed by atoms with van der Waals surface area (Å²) < 4.78 is 16.3. The highest BCUT2D eigenvalue weighted by Crippen LogP contribution is 2.23. The first-order valence-corrected chi connectivity index (χ1v) is 7.83. The van der Waals surface area contributed by atoms with Crippen molar-refractivity contribution in [2.24, 2.45) is 14.1 Å². The first-order chi connectivity index (χ1) is 12.8. The van der Waals surface area contributed by atoms with Crippen molar-refractivity contribution in [2.45, 2.75) is 0 Å². The van der Waals surface area contributed by atoms with Crippen molar-refractivity contribution in [1.29, 1.82) is 0 Å². The van der Waals surface area contributed by atoms with E-state index in [1.807, 2.05) is 0 Å². The topological polar surface area (TPSA) is 97.5 Å². The Kier molecular flexibility index (Phi) is 6.18. The quantitative estimate of drug-likeness (QED) is 0.370. The molecule has 8 nitrogen and oxygen atoms in total. The lowest BCUT2D eigenvalue weighted by molar-refractivity contribution is 0.0481. The molecule has 0 aliphatic heterocycles. The van der Waals surface area contributed by atoms with Crippen LogP contribution in [0.3, 0.4) is 0 Å². The monoisotopic (exact) mass is 374 g/mol. The molecule has 0 amide bonds. The minimum atomic E-state index is -0.661. The van der Waals surface area contributed by atoms with Crippen LogP contribution in [0.1, 0.15) is 11.1 Å². The van der Waals surface area contributed by atoms with Gasteiger partial charge in [-0.25, -0.2) is 9.18 Å². The molecule has 1 aromatic carbocycles. The molecule has 0 aliphatic carbocycles. The molecule has 1 heterocycles. The molecule has 9 heteroatoms. The molecule has 3 N–H and O–H groups in total. The molecule has 0 saturated carbocycles. The minimum Gasteiger partial charge on any atom is -0.394 e. The highest BCUT2D eigenvalue weighted by Gasteiger charge is 2.19. The summed E-state index contributed by atoms with van der Waals surface area (Å²) in [5, 5.41) is 11.5. The summed E-state index contributed by atoms with van der Waals surface area (Å²) in [6.07, 6.45) is 5.25. The van der Waals surface area contributed by atoms with Crippen LogP contribution in [-0.4, -0.2) is 27.5 Å². The number of anilines is 2. The summed E-state index contributed by atoms with van der Waals surface area (Å²) in [5.41, 5.74) is 1.52. The number of terminal acetylenes is 1. The second kappa shape index (κ2) is 8.35. The molecule has 2 rings (SSSR count). The van der Waals surface area contributed by atoms with Gasteiger partial charge in [0.2, 0.25) is 0 Å². The van der Waals surface area contributed by atoms with E-state index in [9.17, 15) is 14.0 Å². The zero-order chi connectivity index (χ0) is 20.1. The average Bonchev–Trinajstić information content (AvgIpc) is 2.65. The van der Waals surface area contributed by atoms with E-state index in [4.69, 9.17) is 16.4 Å². The van der Waals surface area contributed by atoms with Crippen LogP contribution in [0.5, 0.6) is 0 Å². The second-order valence-electron chi connectivity index (χ2n) is 5.55. The Hall–Kier alpha value is -3.35. The maximum Gasteiger partial charge on any atom is 0.332 e. The van der Waals surface area contributed by atoms with E-state index in [1.54, 1.807) is 0 Å². The Bertz CT molecular complexity index is 1030. The van der Waals surface area contributed by atoms with Crippen LogP contribution in [0.2, 0.25) is 0 Å². The first-order valence-electron chi connectivity index (χ1n) is 7.83. The van der Waals surface area contributed by atoms with E-state index in [0.717, 1.165) is 15.2 Å². The van der Waals surface area contributed by atoms with Gasteiger partial charge in [0.1, 0.15) is 17.2 Å². The van der Waals surface area contributed by atoms with Crippen molar-refractivity contribution in [3.63, 3.8) is 0 Å². The highest BCUT2D eigenvalue weighted by atomic mass is 19.1. The van der Waals surface area contributed by atoms with Gasteiger partial charge in [0, 0.05) is 19.7 Å². The van der Waals surface area contributed by atoms with Gasteiger partial charge in [-0.05, 0) is 18.2 Å². The van der Waals surface area contributed by atoms with E-state index in [-0.39, 0.29) is 36.0 Å². The largest absolute Gasteiger partial charge is 0.394 e. The maximum atomic E-state index is 14.3. The van der Waals surface area contributed by atoms with Gasteiger partial charge in [-0.2, -0.15) is 0 Å². The van der Waals surface area contributed by atoms with Crippen molar-refractivity contribution < 1.29 is 14.3 Å². The summed E-state index contributed by atoms with van der Waals surface area (Å²) in [5.74, 6) is 1.68. The number of nitrogens with zero attached hydrogens (tertiary/aromatic N) is 2. The number of benzene rings is 1. The van der Waals surface area contributed by atoms with Crippen LogP contribution in [0.4, 0.5) is 15.9 Å². The predicted molar refractivity (Wildman–Crippen MR) is 99.7 cm³/mol. The van der Waals surface area contributed by atoms with Crippen LogP contribution in [-0.2, 0) is 18.9 Å². The van der Waals surface area contributed by atoms with Gasteiger partial charge in [0.05, 0.1) is 24.6 Å². The average molecular weight is 374 g/mol. The Balaban J connectivity index is 2.58.